The van der Waals surface area contributed by atoms with Crippen LogP contribution in [-0.2, 0) is 14.8 Å². The predicted octanol–water partition coefficient (Wildman–Crippen LogP) is 0.839. The Kier molecular flexibility index (Phi) is 9.07. The van der Waals surface area contributed by atoms with Crippen molar-refractivity contribution in [2.75, 3.05) is 25.4 Å². The summed E-state index contributed by atoms with van der Waals surface area (Å²) >= 11 is 1.48. The van der Waals surface area contributed by atoms with Gasteiger partial charge in [-0.1, -0.05) is 11.8 Å². The normalized spacial score (nSPS) is 18.9. The number of hydrogen-bond donors (Lipinski definition) is 3. The lowest BCUT2D eigenvalue weighted by Gasteiger charge is -2.43. The number of hydrogen-bond acceptors (Lipinski definition) is 7. The molecule has 0 radical (unpaired) electrons. The van der Waals surface area contributed by atoms with Gasteiger partial charge < -0.3 is 10.5 Å². The first-order valence-corrected chi connectivity index (χ1v) is 10.6. The molecule has 0 spiro atoms. The van der Waals surface area contributed by atoms with E-state index in [0.717, 1.165) is 4.31 Å². The Labute approximate surface area is 175 Å². The fraction of sp³-hybridized carbons (Fsp3) is 0.471. The molecule has 11 heteroatoms. The van der Waals surface area contributed by atoms with Crippen LogP contribution in [0.25, 0.3) is 0 Å². The highest BCUT2D eigenvalue weighted by atomic mass is 35.5. The van der Waals surface area contributed by atoms with Gasteiger partial charge in [-0.2, -0.15) is 16.1 Å². The topological polar surface area (TPSA) is 122 Å². The van der Waals surface area contributed by atoms with E-state index < -0.39 is 26.7 Å². The van der Waals surface area contributed by atoms with Crippen molar-refractivity contribution >= 4 is 40.1 Å². The van der Waals surface area contributed by atoms with Gasteiger partial charge in [0.15, 0.2) is 0 Å². The number of rotatable bonds is 5. The molecule has 1 aromatic rings. The maximum absolute atomic E-state index is 13.1. The molecule has 0 bridgehead atoms. The van der Waals surface area contributed by atoms with Crippen molar-refractivity contribution in [3.05, 3.63) is 24.3 Å². The van der Waals surface area contributed by atoms with E-state index in [1.807, 2.05) is 0 Å². The van der Waals surface area contributed by atoms with Crippen LogP contribution in [0.2, 0.25) is 0 Å². The number of benzene rings is 1. The first-order chi connectivity index (χ1) is 12.7. The Bertz CT molecular complexity index is 835. The predicted molar refractivity (Wildman–Crippen MR) is 110 cm³/mol. The number of thioether (sulfide) groups is 1. The number of hydroxylamine groups is 1. The maximum Gasteiger partial charge on any atom is 0.263 e. The molecule has 28 heavy (non-hydrogen) atoms. The van der Waals surface area contributed by atoms with Crippen LogP contribution in [0.3, 0.4) is 0 Å². The van der Waals surface area contributed by atoms with Crippen molar-refractivity contribution in [3.63, 3.8) is 0 Å². The van der Waals surface area contributed by atoms with E-state index >= 15 is 0 Å². The average Bonchev–Trinajstić information content (AvgIpc) is 2.64. The van der Waals surface area contributed by atoms with Crippen molar-refractivity contribution in [1.82, 2.24) is 9.79 Å². The summed E-state index contributed by atoms with van der Waals surface area (Å²) in [6, 6.07) is 4.87. The molecule has 0 aliphatic carbocycles. The monoisotopic (exact) mass is 449 g/mol. The summed E-state index contributed by atoms with van der Waals surface area (Å²) in [4.78, 5) is 12.2. The highest BCUT2D eigenvalue weighted by molar-refractivity contribution is 8.00. The first kappa shape index (κ1) is 24.6. The van der Waals surface area contributed by atoms with Crippen molar-refractivity contribution in [2.45, 2.75) is 29.5 Å². The molecule has 1 heterocycles. The summed E-state index contributed by atoms with van der Waals surface area (Å²) in [5, 5.41) is 9.06. The third-order valence-corrected chi connectivity index (χ3v) is 7.29. The van der Waals surface area contributed by atoms with Gasteiger partial charge in [-0.15, -0.1) is 12.4 Å². The lowest BCUT2D eigenvalue weighted by Crippen LogP contribution is -2.61. The third-order valence-electron chi connectivity index (χ3n) is 4.06. The van der Waals surface area contributed by atoms with Crippen LogP contribution in [0, 0.1) is 11.8 Å². The van der Waals surface area contributed by atoms with Crippen LogP contribution in [0.5, 0.6) is 5.75 Å². The van der Waals surface area contributed by atoms with Gasteiger partial charge in [0.25, 0.3) is 5.91 Å². The number of sulfonamides is 1. The van der Waals surface area contributed by atoms with Crippen LogP contribution < -0.4 is 16.0 Å². The molecule has 156 valence electrons. The van der Waals surface area contributed by atoms with E-state index in [1.54, 1.807) is 19.3 Å². The van der Waals surface area contributed by atoms with Crippen LogP contribution in [0.1, 0.15) is 13.8 Å². The Morgan fingerprint density at radius 1 is 1.39 bits per heavy atom. The number of amides is 1. The summed E-state index contributed by atoms with van der Waals surface area (Å²) in [5.41, 5.74) is 6.85. The second-order valence-electron chi connectivity index (χ2n) is 6.26. The molecule has 1 aromatic carbocycles. The van der Waals surface area contributed by atoms with E-state index in [0.29, 0.717) is 11.5 Å². The standard InChI is InChI=1S/C17H23N3O5S2.ClH/c1-17(2)15(16(21)19-22)20(10-12-26-17)27(23,24)14-7-5-13(6-8-14)25-11-4-3-9-18;/h5-8,15,22H,9-12,18H2,1-2H3,(H,19,21);1H. The number of nitrogens with two attached hydrogens (primary N) is 1. The first-order valence-electron chi connectivity index (χ1n) is 8.22. The van der Waals surface area contributed by atoms with Gasteiger partial charge in [-0.25, -0.2) is 13.9 Å². The lowest BCUT2D eigenvalue weighted by molar-refractivity contribution is -0.134. The number of nitrogens with zero attached hydrogens (tertiary/aromatic N) is 1. The second kappa shape index (κ2) is 10.3. The SMILES string of the molecule is CC1(C)SCCN(S(=O)(=O)c2ccc(OCC#CCN)cc2)C1C(=O)NO.Cl. The molecule has 1 saturated heterocycles. The second-order valence-corrected chi connectivity index (χ2v) is 9.90. The zero-order valence-corrected chi connectivity index (χ0v) is 18.0. The molecule has 1 atom stereocenters. The van der Waals surface area contributed by atoms with E-state index in [2.05, 4.69) is 11.8 Å². The lowest BCUT2D eigenvalue weighted by atomic mass is 10.0. The summed E-state index contributed by atoms with van der Waals surface area (Å²) in [7, 11) is -3.94. The van der Waals surface area contributed by atoms with Gasteiger partial charge >= 0.3 is 0 Å². The van der Waals surface area contributed by atoms with Gasteiger partial charge in [-0.3, -0.25) is 10.0 Å². The molecular weight excluding hydrogens is 426 g/mol. The summed E-state index contributed by atoms with van der Waals surface area (Å²) in [6.07, 6.45) is 0. The smallest absolute Gasteiger partial charge is 0.263 e. The highest BCUT2D eigenvalue weighted by Crippen LogP contribution is 2.38. The molecule has 1 aliphatic heterocycles. The number of nitrogens with one attached hydrogen (secondary N) is 1. The van der Waals surface area contributed by atoms with E-state index in [-0.39, 0.29) is 37.0 Å². The van der Waals surface area contributed by atoms with Gasteiger partial charge in [0.1, 0.15) is 18.4 Å². The van der Waals surface area contributed by atoms with Gasteiger partial charge in [-0.05, 0) is 38.1 Å². The van der Waals surface area contributed by atoms with Crippen molar-refractivity contribution in [3.8, 4) is 17.6 Å². The van der Waals surface area contributed by atoms with Gasteiger partial charge in [0, 0.05) is 17.0 Å². The Hall–Kier alpha value is -1.48. The molecule has 4 N–H and O–H groups in total. The molecule has 1 aliphatic rings. The highest BCUT2D eigenvalue weighted by Gasteiger charge is 2.48. The zero-order chi connectivity index (χ0) is 20.1. The molecule has 1 unspecified atom stereocenters. The van der Waals surface area contributed by atoms with E-state index in [1.165, 1.54) is 36.0 Å². The van der Waals surface area contributed by atoms with Crippen LogP contribution in [-0.4, -0.2) is 60.1 Å². The molecule has 1 amide bonds. The maximum atomic E-state index is 13.1. The molecule has 0 aromatic heterocycles. The fourth-order valence-electron chi connectivity index (χ4n) is 2.81. The Morgan fingerprint density at radius 3 is 2.61 bits per heavy atom. The zero-order valence-electron chi connectivity index (χ0n) is 15.5. The Morgan fingerprint density at radius 2 is 2.04 bits per heavy atom. The van der Waals surface area contributed by atoms with Gasteiger partial charge in [0.2, 0.25) is 10.0 Å². The third kappa shape index (κ3) is 5.53. The fourth-order valence-corrected chi connectivity index (χ4v) is 5.91. The molecule has 1 fully saturated rings. The minimum atomic E-state index is -3.94. The van der Waals surface area contributed by atoms with Crippen molar-refractivity contribution in [1.29, 1.82) is 0 Å². The summed E-state index contributed by atoms with van der Waals surface area (Å²) < 4.78 is 32.0. The number of halogens is 1. The van der Waals surface area contributed by atoms with Crippen molar-refractivity contribution < 1.29 is 23.2 Å². The number of carbonyl (C=O) groups excluding carboxylic acids is 1. The largest absolute Gasteiger partial charge is 0.481 e. The van der Waals surface area contributed by atoms with Crippen LogP contribution >= 0.6 is 24.2 Å². The van der Waals surface area contributed by atoms with E-state index in [4.69, 9.17) is 15.7 Å². The number of carbonyl (C=O) groups is 1. The van der Waals surface area contributed by atoms with Crippen molar-refractivity contribution in [2.24, 2.45) is 5.73 Å². The molecular formula is C17H24ClN3O5S2. The molecule has 8 nitrogen and oxygen atoms in total. The molecule has 0 saturated carbocycles. The minimum Gasteiger partial charge on any atom is -0.481 e. The summed E-state index contributed by atoms with van der Waals surface area (Å²) in [6.45, 7) is 4.12. The van der Waals surface area contributed by atoms with Gasteiger partial charge in [0.05, 0.1) is 11.4 Å². The molecule has 2 rings (SSSR count). The average molecular weight is 450 g/mol. The Balaban J connectivity index is 0.00000392. The van der Waals surface area contributed by atoms with E-state index in [9.17, 15) is 13.2 Å². The van der Waals surface area contributed by atoms with Crippen LogP contribution in [0.4, 0.5) is 0 Å². The van der Waals surface area contributed by atoms with Crippen LogP contribution in [0.15, 0.2) is 29.2 Å². The number of ether oxygens (including phenoxy) is 1. The quantitative estimate of drug-likeness (QED) is 0.346. The minimum absolute atomic E-state index is 0. The summed E-state index contributed by atoms with van der Waals surface area (Å²) in [5.74, 6) is 5.65.